The van der Waals surface area contributed by atoms with Gasteiger partial charge in [0.1, 0.15) is 18.1 Å². The highest BCUT2D eigenvalue weighted by atomic mass is 16.6. The van der Waals surface area contributed by atoms with Crippen LogP contribution in [0.25, 0.3) is 0 Å². The van der Waals surface area contributed by atoms with E-state index in [1.165, 1.54) is 30.5 Å². The Bertz CT molecular complexity index is 1050. The molecule has 0 heterocycles. The van der Waals surface area contributed by atoms with Gasteiger partial charge >= 0.3 is 0 Å². The molecule has 0 aliphatic heterocycles. The van der Waals surface area contributed by atoms with Gasteiger partial charge in [-0.2, -0.15) is 5.10 Å². The van der Waals surface area contributed by atoms with Gasteiger partial charge in [0, 0.05) is 12.1 Å². The van der Waals surface area contributed by atoms with Crippen LogP contribution in [0.15, 0.2) is 84.0 Å². The number of ether oxygens (including phenoxy) is 2. The highest BCUT2D eigenvalue weighted by Crippen LogP contribution is 2.18. The molecular weight excluding hydrogens is 398 g/mol. The van der Waals surface area contributed by atoms with Gasteiger partial charge in [-0.3, -0.25) is 14.9 Å². The first-order valence-electron chi connectivity index (χ1n) is 9.52. The summed E-state index contributed by atoms with van der Waals surface area (Å²) in [6.45, 7) is 2.01. The summed E-state index contributed by atoms with van der Waals surface area (Å²) in [7, 11) is 0. The molecule has 8 heteroatoms. The number of carbonyl (C=O) groups excluding carboxylic acids is 1. The first-order chi connectivity index (χ1) is 15.0. The molecule has 0 saturated carbocycles. The van der Waals surface area contributed by atoms with Crippen LogP contribution in [0.4, 0.5) is 5.69 Å². The molecule has 0 radical (unpaired) electrons. The van der Waals surface area contributed by atoms with Crippen molar-refractivity contribution in [3.8, 4) is 11.5 Å². The second kappa shape index (κ2) is 10.5. The number of nitrogens with one attached hydrogen (secondary N) is 1. The second-order valence-electron chi connectivity index (χ2n) is 6.59. The molecule has 1 amide bonds. The van der Waals surface area contributed by atoms with E-state index in [2.05, 4.69) is 10.5 Å². The quantitative estimate of drug-likeness (QED) is 0.320. The van der Waals surface area contributed by atoms with E-state index in [4.69, 9.17) is 9.47 Å². The van der Waals surface area contributed by atoms with Gasteiger partial charge in [-0.05, 0) is 42.3 Å². The standard InChI is InChI=1S/C23H21N3O5/c1-17(31-21-12-10-20(11-13-21)26(28)29)23(27)25-24-15-19-8-5-9-22(14-19)30-16-18-6-3-2-4-7-18/h2-15,17H,16H2,1H3,(H,25,27)/b24-15+. The van der Waals surface area contributed by atoms with Gasteiger partial charge in [0.2, 0.25) is 0 Å². The third-order valence-corrected chi connectivity index (χ3v) is 4.22. The zero-order valence-electron chi connectivity index (χ0n) is 16.8. The third-order valence-electron chi connectivity index (χ3n) is 4.22. The topological polar surface area (TPSA) is 103 Å². The van der Waals surface area contributed by atoms with Crippen LogP contribution in [0.5, 0.6) is 11.5 Å². The van der Waals surface area contributed by atoms with Crippen molar-refractivity contribution in [3.63, 3.8) is 0 Å². The van der Waals surface area contributed by atoms with Gasteiger partial charge < -0.3 is 9.47 Å². The Balaban J connectivity index is 1.50. The molecular formula is C23H21N3O5. The zero-order valence-corrected chi connectivity index (χ0v) is 16.8. The Kier molecular flexibility index (Phi) is 7.31. The average molecular weight is 419 g/mol. The maximum absolute atomic E-state index is 12.2. The number of hydrogen-bond donors (Lipinski definition) is 1. The van der Waals surface area contributed by atoms with Crippen LogP contribution >= 0.6 is 0 Å². The molecule has 158 valence electrons. The Morgan fingerprint density at radius 1 is 1.06 bits per heavy atom. The summed E-state index contributed by atoms with van der Waals surface area (Å²) in [6, 6.07) is 22.7. The fourth-order valence-electron chi connectivity index (χ4n) is 2.59. The van der Waals surface area contributed by atoms with Gasteiger partial charge in [-0.25, -0.2) is 5.43 Å². The number of non-ortho nitro benzene ring substituents is 1. The number of hydrazone groups is 1. The molecule has 1 atom stereocenters. The maximum Gasteiger partial charge on any atom is 0.280 e. The molecule has 0 aliphatic rings. The first kappa shape index (κ1) is 21.5. The minimum absolute atomic E-state index is 0.0518. The fourth-order valence-corrected chi connectivity index (χ4v) is 2.59. The summed E-state index contributed by atoms with van der Waals surface area (Å²) in [4.78, 5) is 22.3. The van der Waals surface area contributed by atoms with Gasteiger partial charge in [-0.1, -0.05) is 42.5 Å². The Hall–Kier alpha value is -4.20. The minimum atomic E-state index is -0.834. The molecule has 0 aromatic heterocycles. The molecule has 1 N–H and O–H groups in total. The molecule has 0 fully saturated rings. The highest BCUT2D eigenvalue weighted by molar-refractivity contribution is 5.84. The molecule has 0 spiro atoms. The highest BCUT2D eigenvalue weighted by Gasteiger charge is 2.14. The number of amides is 1. The SMILES string of the molecule is CC(Oc1ccc([N+](=O)[O-])cc1)C(=O)N/N=C/c1cccc(OCc2ccccc2)c1. The lowest BCUT2D eigenvalue weighted by molar-refractivity contribution is -0.384. The number of carbonyl (C=O) groups is 1. The molecule has 1 unspecified atom stereocenters. The van der Waals surface area contributed by atoms with E-state index >= 15 is 0 Å². The summed E-state index contributed by atoms with van der Waals surface area (Å²) in [6.07, 6.45) is 0.672. The summed E-state index contributed by atoms with van der Waals surface area (Å²) < 4.78 is 11.3. The summed E-state index contributed by atoms with van der Waals surface area (Å²) in [5, 5.41) is 14.6. The zero-order chi connectivity index (χ0) is 22.1. The van der Waals surface area contributed by atoms with Crippen molar-refractivity contribution in [1.82, 2.24) is 5.43 Å². The van der Waals surface area contributed by atoms with Crippen LogP contribution in [0.2, 0.25) is 0 Å². The number of hydrogen-bond acceptors (Lipinski definition) is 6. The largest absolute Gasteiger partial charge is 0.489 e. The van der Waals surface area contributed by atoms with Crippen molar-refractivity contribution < 1.29 is 19.2 Å². The summed E-state index contributed by atoms with van der Waals surface area (Å²) in [5.41, 5.74) is 4.19. The molecule has 8 nitrogen and oxygen atoms in total. The van der Waals surface area contributed by atoms with Crippen molar-refractivity contribution in [2.45, 2.75) is 19.6 Å². The van der Waals surface area contributed by atoms with Crippen LogP contribution in [0.3, 0.4) is 0 Å². The van der Waals surface area contributed by atoms with E-state index in [1.807, 2.05) is 54.6 Å². The first-order valence-corrected chi connectivity index (χ1v) is 9.52. The summed E-state index contributed by atoms with van der Waals surface area (Å²) >= 11 is 0. The van der Waals surface area contributed by atoms with E-state index in [0.29, 0.717) is 18.1 Å². The minimum Gasteiger partial charge on any atom is -0.489 e. The molecule has 0 aliphatic carbocycles. The van der Waals surface area contributed by atoms with Crippen molar-refractivity contribution in [3.05, 3.63) is 100 Å². The Labute approximate surface area is 179 Å². The predicted molar refractivity (Wildman–Crippen MR) is 116 cm³/mol. The van der Waals surface area contributed by atoms with Crippen LogP contribution in [0, 0.1) is 10.1 Å². The lowest BCUT2D eigenvalue weighted by Crippen LogP contribution is -2.33. The van der Waals surface area contributed by atoms with Crippen molar-refractivity contribution >= 4 is 17.8 Å². The average Bonchev–Trinajstić information content (AvgIpc) is 2.79. The molecule has 3 aromatic rings. The number of nitrogens with zero attached hydrogens (tertiary/aromatic N) is 2. The van der Waals surface area contributed by atoms with E-state index in [9.17, 15) is 14.9 Å². The predicted octanol–water partition coefficient (Wildman–Crippen LogP) is 4.09. The van der Waals surface area contributed by atoms with Gasteiger partial charge in [-0.15, -0.1) is 0 Å². The maximum atomic E-state index is 12.2. The summed E-state index contributed by atoms with van der Waals surface area (Å²) in [5.74, 6) is 0.584. The van der Waals surface area contributed by atoms with Crippen molar-refractivity contribution in [2.75, 3.05) is 0 Å². The Morgan fingerprint density at radius 3 is 2.52 bits per heavy atom. The number of nitro groups is 1. The van der Waals surface area contributed by atoms with Crippen molar-refractivity contribution in [1.29, 1.82) is 0 Å². The van der Waals surface area contributed by atoms with Crippen molar-refractivity contribution in [2.24, 2.45) is 5.10 Å². The third kappa shape index (κ3) is 6.67. The second-order valence-corrected chi connectivity index (χ2v) is 6.59. The number of nitro benzene ring substituents is 1. The molecule has 0 saturated heterocycles. The van der Waals surface area contributed by atoms with E-state index in [-0.39, 0.29) is 5.69 Å². The molecule has 31 heavy (non-hydrogen) atoms. The monoisotopic (exact) mass is 419 g/mol. The van der Waals surface area contributed by atoms with E-state index < -0.39 is 16.9 Å². The molecule has 3 aromatic carbocycles. The van der Waals surface area contributed by atoms with Crippen LogP contribution in [-0.2, 0) is 11.4 Å². The number of benzene rings is 3. The van der Waals surface area contributed by atoms with E-state index in [1.54, 1.807) is 6.92 Å². The van der Waals surface area contributed by atoms with Gasteiger partial charge in [0.25, 0.3) is 11.6 Å². The van der Waals surface area contributed by atoms with Crippen LogP contribution in [-0.4, -0.2) is 23.1 Å². The van der Waals surface area contributed by atoms with Crippen LogP contribution in [0.1, 0.15) is 18.1 Å². The van der Waals surface area contributed by atoms with Crippen LogP contribution < -0.4 is 14.9 Å². The molecule has 0 bridgehead atoms. The lowest BCUT2D eigenvalue weighted by Gasteiger charge is -2.12. The number of rotatable bonds is 9. The van der Waals surface area contributed by atoms with Gasteiger partial charge in [0.15, 0.2) is 6.10 Å². The lowest BCUT2D eigenvalue weighted by atomic mass is 10.2. The Morgan fingerprint density at radius 2 is 1.81 bits per heavy atom. The normalized spacial score (nSPS) is 11.6. The fraction of sp³-hybridized carbons (Fsp3) is 0.130. The van der Waals surface area contributed by atoms with Gasteiger partial charge in [0.05, 0.1) is 11.1 Å². The van der Waals surface area contributed by atoms with E-state index in [0.717, 1.165) is 11.1 Å². The molecule has 3 rings (SSSR count). The smallest absolute Gasteiger partial charge is 0.280 e.